The Morgan fingerprint density at radius 1 is 1.25 bits per heavy atom. The Morgan fingerprint density at radius 3 is 2.55 bits per heavy atom. The van der Waals surface area contributed by atoms with E-state index in [0.717, 1.165) is 17.4 Å². The number of hydrogen-bond donors (Lipinski definition) is 1. The van der Waals surface area contributed by atoms with E-state index in [4.69, 9.17) is 0 Å². The SMILES string of the molecule is CCCCC(CC)C(Cc1ccc(F)cc1Br)NCC. The van der Waals surface area contributed by atoms with E-state index in [1.54, 1.807) is 12.1 Å². The molecule has 0 saturated carbocycles. The highest BCUT2D eigenvalue weighted by molar-refractivity contribution is 9.10. The first-order chi connectivity index (χ1) is 9.62. The average molecular weight is 344 g/mol. The molecule has 0 spiro atoms. The van der Waals surface area contributed by atoms with Crippen molar-refractivity contribution in [2.75, 3.05) is 6.54 Å². The van der Waals surface area contributed by atoms with Crippen molar-refractivity contribution in [1.82, 2.24) is 5.32 Å². The van der Waals surface area contributed by atoms with Gasteiger partial charge in [0.25, 0.3) is 0 Å². The molecule has 1 rings (SSSR count). The van der Waals surface area contributed by atoms with Gasteiger partial charge in [-0.1, -0.05) is 62.0 Å². The molecule has 0 bridgehead atoms. The molecule has 3 heteroatoms. The van der Waals surface area contributed by atoms with Gasteiger partial charge < -0.3 is 5.32 Å². The van der Waals surface area contributed by atoms with Crippen molar-refractivity contribution in [1.29, 1.82) is 0 Å². The Balaban J connectivity index is 2.78. The quantitative estimate of drug-likeness (QED) is 0.639. The van der Waals surface area contributed by atoms with Crippen LogP contribution in [0.1, 0.15) is 52.0 Å². The van der Waals surface area contributed by atoms with E-state index in [1.807, 2.05) is 6.07 Å². The Bertz CT molecular complexity index is 395. The normalized spacial score (nSPS) is 14.2. The van der Waals surface area contributed by atoms with Crippen molar-refractivity contribution in [3.8, 4) is 0 Å². The van der Waals surface area contributed by atoms with E-state index in [9.17, 15) is 4.39 Å². The van der Waals surface area contributed by atoms with Crippen LogP contribution >= 0.6 is 15.9 Å². The lowest BCUT2D eigenvalue weighted by Gasteiger charge is -2.27. The predicted octanol–water partition coefficient (Wildman–Crippen LogP) is 5.33. The number of likely N-dealkylation sites (N-methyl/N-ethyl adjacent to an activating group) is 1. The number of rotatable bonds is 9. The molecule has 1 nitrogen and oxygen atoms in total. The van der Waals surface area contributed by atoms with Gasteiger partial charge in [-0.15, -0.1) is 0 Å². The predicted molar refractivity (Wildman–Crippen MR) is 88.6 cm³/mol. The Morgan fingerprint density at radius 2 is 2.00 bits per heavy atom. The zero-order chi connectivity index (χ0) is 15.0. The Labute approximate surface area is 131 Å². The maximum atomic E-state index is 13.2. The monoisotopic (exact) mass is 343 g/mol. The van der Waals surface area contributed by atoms with E-state index in [-0.39, 0.29) is 5.82 Å². The highest BCUT2D eigenvalue weighted by Crippen LogP contribution is 2.24. The lowest BCUT2D eigenvalue weighted by atomic mass is 9.87. The van der Waals surface area contributed by atoms with Gasteiger partial charge in [0.05, 0.1) is 0 Å². The molecule has 0 radical (unpaired) electrons. The van der Waals surface area contributed by atoms with Crippen LogP contribution in [0.2, 0.25) is 0 Å². The van der Waals surface area contributed by atoms with E-state index in [0.29, 0.717) is 12.0 Å². The molecule has 0 aliphatic rings. The van der Waals surface area contributed by atoms with Crippen molar-refractivity contribution in [2.24, 2.45) is 5.92 Å². The minimum absolute atomic E-state index is 0.182. The molecular weight excluding hydrogens is 317 g/mol. The van der Waals surface area contributed by atoms with Gasteiger partial charge in [0.1, 0.15) is 5.82 Å². The van der Waals surface area contributed by atoms with Gasteiger partial charge in [0, 0.05) is 10.5 Å². The highest BCUT2D eigenvalue weighted by Gasteiger charge is 2.20. The number of nitrogens with one attached hydrogen (secondary N) is 1. The fourth-order valence-corrected chi connectivity index (χ4v) is 3.26. The Hall–Kier alpha value is -0.410. The van der Waals surface area contributed by atoms with Gasteiger partial charge >= 0.3 is 0 Å². The van der Waals surface area contributed by atoms with E-state index >= 15 is 0 Å². The van der Waals surface area contributed by atoms with Crippen LogP contribution in [0, 0.1) is 11.7 Å². The van der Waals surface area contributed by atoms with Crippen LogP contribution in [0.15, 0.2) is 22.7 Å². The molecule has 1 N–H and O–H groups in total. The fraction of sp³-hybridized carbons (Fsp3) is 0.647. The number of halogens is 2. The number of benzene rings is 1. The summed E-state index contributed by atoms with van der Waals surface area (Å²) >= 11 is 3.48. The van der Waals surface area contributed by atoms with Gasteiger partial charge in [-0.2, -0.15) is 0 Å². The molecule has 0 fully saturated rings. The first kappa shape index (κ1) is 17.6. The third-order valence-electron chi connectivity index (χ3n) is 3.94. The van der Waals surface area contributed by atoms with Gasteiger partial charge in [-0.05, 0) is 43.0 Å². The van der Waals surface area contributed by atoms with Crippen LogP contribution < -0.4 is 5.32 Å². The standard InChI is InChI=1S/C17H27BrFN/c1-4-7-8-13(5-2)17(20-6-3)11-14-9-10-15(19)12-16(14)18/h9-10,12-13,17,20H,4-8,11H2,1-3H3. The van der Waals surface area contributed by atoms with Crippen LogP contribution in [0.5, 0.6) is 0 Å². The zero-order valence-electron chi connectivity index (χ0n) is 12.9. The van der Waals surface area contributed by atoms with Crippen molar-refractivity contribution in [3.05, 3.63) is 34.1 Å². The molecule has 2 unspecified atom stereocenters. The van der Waals surface area contributed by atoms with Crippen LogP contribution in [0.25, 0.3) is 0 Å². The second-order valence-electron chi connectivity index (χ2n) is 5.41. The first-order valence-electron chi connectivity index (χ1n) is 7.79. The molecule has 0 aliphatic heterocycles. The first-order valence-corrected chi connectivity index (χ1v) is 8.58. The summed E-state index contributed by atoms with van der Waals surface area (Å²) in [5, 5.41) is 3.62. The minimum Gasteiger partial charge on any atom is -0.314 e. The summed E-state index contributed by atoms with van der Waals surface area (Å²) in [5.41, 5.74) is 1.19. The van der Waals surface area contributed by atoms with Crippen LogP contribution in [-0.4, -0.2) is 12.6 Å². The second kappa shape index (κ2) is 9.51. The summed E-state index contributed by atoms with van der Waals surface area (Å²) in [6, 6.07) is 5.48. The second-order valence-corrected chi connectivity index (χ2v) is 6.27. The average Bonchev–Trinajstić information content (AvgIpc) is 2.42. The fourth-order valence-electron chi connectivity index (χ4n) is 2.75. The number of unbranched alkanes of at least 4 members (excludes halogenated alkanes) is 1. The summed E-state index contributed by atoms with van der Waals surface area (Å²) in [4.78, 5) is 0. The molecule has 0 aromatic heterocycles. The largest absolute Gasteiger partial charge is 0.314 e. The summed E-state index contributed by atoms with van der Waals surface area (Å²) in [6.07, 6.45) is 5.94. The topological polar surface area (TPSA) is 12.0 Å². The molecule has 2 atom stereocenters. The van der Waals surface area contributed by atoms with Gasteiger partial charge in [-0.25, -0.2) is 4.39 Å². The molecule has 0 saturated heterocycles. The smallest absolute Gasteiger partial charge is 0.124 e. The molecule has 0 heterocycles. The van der Waals surface area contributed by atoms with Crippen molar-refractivity contribution < 1.29 is 4.39 Å². The maximum Gasteiger partial charge on any atom is 0.124 e. The maximum absolute atomic E-state index is 13.2. The van der Waals surface area contributed by atoms with Gasteiger partial charge in [0.15, 0.2) is 0 Å². The lowest BCUT2D eigenvalue weighted by molar-refractivity contribution is 0.319. The third kappa shape index (κ3) is 5.53. The van der Waals surface area contributed by atoms with Crippen LogP contribution in [-0.2, 0) is 6.42 Å². The van der Waals surface area contributed by atoms with Crippen molar-refractivity contribution >= 4 is 15.9 Å². The lowest BCUT2D eigenvalue weighted by Crippen LogP contribution is -2.38. The summed E-state index contributed by atoms with van der Waals surface area (Å²) < 4.78 is 14.1. The molecule has 0 amide bonds. The molecule has 0 aliphatic carbocycles. The third-order valence-corrected chi connectivity index (χ3v) is 4.68. The molecule has 20 heavy (non-hydrogen) atoms. The van der Waals surface area contributed by atoms with Crippen molar-refractivity contribution in [2.45, 2.75) is 58.9 Å². The van der Waals surface area contributed by atoms with Crippen molar-refractivity contribution in [3.63, 3.8) is 0 Å². The van der Waals surface area contributed by atoms with Gasteiger partial charge in [-0.3, -0.25) is 0 Å². The highest BCUT2D eigenvalue weighted by atomic mass is 79.9. The van der Waals surface area contributed by atoms with Gasteiger partial charge in [0.2, 0.25) is 0 Å². The minimum atomic E-state index is -0.182. The van der Waals surface area contributed by atoms with E-state index < -0.39 is 0 Å². The molecule has 1 aromatic carbocycles. The molecule has 114 valence electrons. The Kier molecular flexibility index (Phi) is 8.39. The summed E-state index contributed by atoms with van der Waals surface area (Å²) in [6.45, 7) is 7.64. The zero-order valence-corrected chi connectivity index (χ0v) is 14.5. The van der Waals surface area contributed by atoms with Crippen LogP contribution in [0.4, 0.5) is 4.39 Å². The van der Waals surface area contributed by atoms with E-state index in [1.165, 1.54) is 31.2 Å². The number of hydrogen-bond acceptors (Lipinski definition) is 1. The molecule has 1 aromatic rings. The summed E-state index contributed by atoms with van der Waals surface area (Å²) in [7, 11) is 0. The van der Waals surface area contributed by atoms with Crippen LogP contribution in [0.3, 0.4) is 0 Å². The van der Waals surface area contributed by atoms with E-state index in [2.05, 4.69) is 42.0 Å². The molecular formula is C17H27BrFN. The summed E-state index contributed by atoms with van der Waals surface area (Å²) in [5.74, 6) is 0.505.